The molecule has 0 saturated carbocycles. The molecule has 0 radical (unpaired) electrons. The van der Waals surface area contributed by atoms with Crippen molar-refractivity contribution in [1.29, 1.82) is 0 Å². The van der Waals surface area contributed by atoms with Crippen LogP contribution >= 0.6 is 0 Å². The zero-order valence-corrected chi connectivity index (χ0v) is 18.5. The van der Waals surface area contributed by atoms with Crippen LogP contribution in [0.3, 0.4) is 0 Å². The Bertz CT molecular complexity index is 1030. The molecule has 2 N–H and O–H groups in total. The van der Waals surface area contributed by atoms with Crippen LogP contribution in [0.4, 0.5) is 4.39 Å². The quantitative estimate of drug-likeness (QED) is 0.519. The first-order valence-corrected chi connectivity index (χ1v) is 11.2. The third kappa shape index (κ3) is 6.71. The number of nitrogens with zero attached hydrogens (tertiary/aromatic N) is 3. The lowest BCUT2D eigenvalue weighted by atomic mass is 10.1. The molecule has 1 aromatic heterocycles. The van der Waals surface area contributed by atoms with Crippen molar-refractivity contribution in [3.63, 3.8) is 0 Å². The number of rotatable bonds is 9. The molecule has 8 heteroatoms. The van der Waals surface area contributed by atoms with E-state index in [1.807, 2.05) is 30.3 Å². The van der Waals surface area contributed by atoms with Crippen LogP contribution in [-0.2, 0) is 19.5 Å². The Labute approximate surface area is 192 Å². The van der Waals surface area contributed by atoms with Gasteiger partial charge in [-0.2, -0.15) is 0 Å². The van der Waals surface area contributed by atoms with Crippen molar-refractivity contribution in [2.45, 2.75) is 25.6 Å². The smallest absolute Gasteiger partial charge is 0.273 e. The number of carbonyl (C=O) groups excluding carboxylic acids is 1. The third-order valence-electron chi connectivity index (χ3n) is 5.79. The molecule has 1 fully saturated rings. The molecule has 0 bridgehead atoms. The van der Waals surface area contributed by atoms with E-state index in [-0.39, 0.29) is 18.1 Å². The molecule has 0 spiro atoms. The van der Waals surface area contributed by atoms with Gasteiger partial charge in [-0.05, 0) is 18.1 Å². The maximum Gasteiger partial charge on any atom is 0.273 e. The first-order valence-electron chi connectivity index (χ1n) is 11.2. The average Bonchev–Trinajstić information content (AvgIpc) is 3.29. The van der Waals surface area contributed by atoms with E-state index in [0.717, 1.165) is 31.7 Å². The summed E-state index contributed by atoms with van der Waals surface area (Å²) in [5.74, 6) is -0.278. The number of benzene rings is 2. The number of aromatic nitrogens is 1. The highest BCUT2D eigenvalue weighted by Gasteiger charge is 2.21. The fourth-order valence-electron chi connectivity index (χ4n) is 3.97. The van der Waals surface area contributed by atoms with E-state index < -0.39 is 12.0 Å². The Morgan fingerprint density at radius 1 is 1.06 bits per heavy atom. The predicted octanol–water partition coefficient (Wildman–Crippen LogP) is 2.46. The minimum atomic E-state index is -0.398. The second-order valence-corrected chi connectivity index (χ2v) is 8.32. The van der Waals surface area contributed by atoms with Gasteiger partial charge >= 0.3 is 0 Å². The molecule has 2 heterocycles. The first-order chi connectivity index (χ1) is 16.1. The molecule has 1 unspecified atom stereocenters. The highest BCUT2D eigenvalue weighted by molar-refractivity contribution is 5.91. The van der Waals surface area contributed by atoms with Gasteiger partial charge in [-0.25, -0.2) is 9.37 Å². The van der Waals surface area contributed by atoms with Crippen LogP contribution in [0.1, 0.15) is 27.5 Å². The summed E-state index contributed by atoms with van der Waals surface area (Å²) in [4.78, 5) is 21.1. The van der Waals surface area contributed by atoms with Crippen LogP contribution in [-0.4, -0.2) is 64.6 Å². The Kier molecular flexibility index (Phi) is 7.83. The number of aliphatic hydroxyl groups excluding tert-OH is 1. The van der Waals surface area contributed by atoms with Crippen molar-refractivity contribution in [3.05, 3.63) is 89.4 Å². The van der Waals surface area contributed by atoms with Crippen LogP contribution in [0.15, 0.2) is 65.3 Å². The lowest BCUT2D eigenvalue weighted by Crippen LogP contribution is -2.48. The molecule has 3 aromatic rings. The SMILES string of the molecule is O=C(NCc1ccccc1F)c1coc(CN2CCN(CC(O)Cc3ccccc3)CC2)n1. The summed E-state index contributed by atoms with van der Waals surface area (Å²) in [7, 11) is 0. The summed E-state index contributed by atoms with van der Waals surface area (Å²) in [5, 5.41) is 13.1. The normalized spacial score (nSPS) is 15.9. The van der Waals surface area contributed by atoms with Crippen molar-refractivity contribution in [1.82, 2.24) is 20.1 Å². The molecule has 0 aliphatic carbocycles. The molecule has 1 saturated heterocycles. The highest BCUT2D eigenvalue weighted by Crippen LogP contribution is 2.12. The van der Waals surface area contributed by atoms with Crippen LogP contribution < -0.4 is 5.32 Å². The largest absolute Gasteiger partial charge is 0.447 e. The number of carbonyl (C=O) groups is 1. The van der Waals surface area contributed by atoms with Gasteiger partial charge in [0.15, 0.2) is 5.69 Å². The summed E-state index contributed by atoms with van der Waals surface area (Å²) in [6.45, 7) is 4.61. The zero-order valence-electron chi connectivity index (χ0n) is 18.5. The van der Waals surface area contributed by atoms with Crippen molar-refractivity contribution in [2.24, 2.45) is 0 Å². The minimum Gasteiger partial charge on any atom is -0.447 e. The molecule has 1 aliphatic rings. The van der Waals surface area contributed by atoms with E-state index in [9.17, 15) is 14.3 Å². The van der Waals surface area contributed by atoms with Crippen molar-refractivity contribution >= 4 is 5.91 Å². The van der Waals surface area contributed by atoms with Gasteiger partial charge in [-0.1, -0.05) is 48.5 Å². The number of nitrogens with one attached hydrogen (secondary N) is 1. The lowest BCUT2D eigenvalue weighted by molar-refractivity contribution is 0.0675. The molecular weight excluding hydrogens is 423 g/mol. The molecule has 33 heavy (non-hydrogen) atoms. The Morgan fingerprint density at radius 2 is 1.76 bits per heavy atom. The number of aliphatic hydroxyl groups is 1. The van der Waals surface area contributed by atoms with E-state index in [1.165, 1.54) is 12.3 Å². The molecule has 7 nitrogen and oxygen atoms in total. The fourth-order valence-corrected chi connectivity index (χ4v) is 3.97. The van der Waals surface area contributed by atoms with Crippen LogP contribution in [0.5, 0.6) is 0 Å². The fraction of sp³-hybridized carbons (Fsp3) is 0.360. The average molecular weight is 453 g/mol. The third-order valence-corrected chi connectivity index (χ3v) is 5.79. The van der Waals surface area contributed by atoms with E-state index in [1.54, 1.807) is 18.2 Å². The van der Waals surface area contributed by atoms with Crippen molar-refractivity contribution in [2.75, 3.05) is 32.7 Å². The standard InChI is InChI=1S/C25H29FN4O3/c26-22-9-5-4-8-20(22)15-27-25(32)23-18-33-24(28-23)17-30-12-10-29(11-13-30)16-21(31)14-19-6-2-1-3-7-19/h1-9,18,21,31H,10-17H2,(H,27,32). The Hall–Kier alpha value is -3.07. The summed E-state index contributed by atoms with van der Waals surface area (Å²) in [6, 6.07) is 16.3. The molecule has 1 aliphatic heterocycles. The van der Waals surface area contributed by atoms with Gasteiger partial charge in [0.25, 0.3) is 5.91 Å². The molecule has 4 rings (SSSR count). The van der Waals surface area contributed by atoms with E-state index >= 15 is 0 Å². The van der Waals surface area contributed by atoms with E-state index in [4.69, 9.17) is 4.42 Å². The molecule has 174 valence electrons. The zero-order chi connectivity index (χ0) is 23.0. The number of hydrogen-bond acceptors (Lipinski definition) is 6. The Morgan fingerprint density at radius 3 is 2.52 bits per heavy atom. The number of piperazine rings is 1. The van der Waals surface area contributed by atoms with Gasteiger partial charge in [0.2, 0.25) is 5.89 Å². The second-order valence-electron chi connectivity index (χ2n) is 8.32. The summed E-state index contributed by atoms with van der Waals surface area (Å²) >= 11 is 0. The number of β-amino-alcohol motifs (C(OH)–C–C–N with tert-alkyl or cyclic N) is 1. The molecule has 1 amide bonds. The molecule has 1 atom stereocenters. The van der Waals surface area contributed by atoms with Gasteiger partial charge in [-0.3, -0.25) is 14.6 Å². The maximum atomic E-state index is 13.7. The molecule has 2 aromatic carbocycles. The number of amides is 1. The second kappa shape index (κ2) is 11.2. The van der Waals surface area contributed by atoms with Crippen LogP contribution in [0.25, 0.3) is 0 Å². The van der Waals surface area contributed by atoms with E-state index in [2.05, 4.69) is 20.1 Å². The van der Waals surface area contributed by atoms with Gasteiger partial charge in [0, 0.05) is 44.8 Å². The van der Waals surface area contributed by atoms with Crippen molar-refractivity contribution in [3.8, 4) is 0 Å². The van der Waals surface area contributed by atoms with Gasteiger partial charge in [0.1, 0.15) is 12.1 Å². The van der Waals surface area contributed by atoms with E-state index in [0.29, 0.717) is 31.0 Å². The first kappa shape index (κ1) is 23.1. The topological polar surface area (TPSA) is 81.8 Å². The summed E-state index contributed by atoms with van der Waals surface area (Å²) in [5.41, 5.74) is 1.74. The highest BCUT2D eigenvalue weighted by atomic mass is 19.1. The molecular formula is C25H29FN4O3. The monoisotopic (exact) mass is 452 g/mol. The Balaban J connectivity index is 1.19. The predicted molar refractivity (Wildman–Crippen MR) is 122 cm³/mol. The summed E-state index contributed by atoms with van der Waals surface area (Å²) < 4.78 is 19.2. The number of oxazole rings is 1. The minimum absolute atomic E-state index is 0.0891. The number of hydrogen-bond donors (Lipinski definition) is 2. The van der Waals surface area contributed by atoms with Gasteiger partial charge in [0.05, 0.1) is 12.6 Å². The van der Waals surface area contributed by atoms with Crippen LogP contribution in [0.2, 0.25) is 0 Å². The lowest BCUT2D eigenvalue weighted by Gasteiger charge is -2.35. The van der Waals surface area contributed by atoms with Gasteiger partial charge in [-0.15, -0.1) is 0 Å². The summed E-state index contributed by atoms with van der Waals surface area (Å²) in [6.07, 6.45) is 1.59. The van der Waals surface area contributed by atoms with Crippen LogP contribution in [0, 0.1) is 5.82 Å². The van der Waals surface area contributed by atoms with Crippen molar-refractivity contribution < 1.29 is 18.7 Å². The van der Waals surface area contributed by atoms with Gasteiger partial charge < -0.3 is 14.8 Å². The number of halogens is 1. The maximum absolute atomic E-state index is 13.7.